The molecule has 0 aliphatic carbocycles. The average Bonchev–Trinajstić information content (AvgIpc) is 2.55. The van der Waals surface area contributed by atoms with Crippen LogP contribution in [0.1, 0.15) is 10.5 Å². The van der Waals surface area contributed by atoms with Crippen molar-refractivity contribution in [3.05, 3.63) is 67.0 Å². The number of H-pyrrole nitrogens is 1. The summed E-state index contributed by atoms with van der Waals surface area (Å²) in [5.41, 5.74) is 2.87. The summed E-state index contributed by atoms with van der Waals surface area (Å²) in [5.74, 6) is -1.53. The van der Waals surface area contributed by atoms with Gasteiger partial charge in [0.2, 0.25) is 11.1 Å². The molecule has 0 amide bonds. The number of aromatic nitrogens is 3. The summed E-state index contributed by atoms with van der Waals surface area (Å²) in [6, 6.07) is 3.41. The second-order valence-electron chi connectivity index (χ2n) is 5.01. The molecule has 2 heterocycles. The van der Waals surface area contributed by atoms with Gasteiger partial charge in [0.05, 0.1) is 21.6 Å². The molecule has 0 aliphatic heterocycles. The van der Waals surface area contributed by atoms with Gasteiger partial charge in [0.25, 0.3) is 11.2 Å². The van der Waals surface area contributed by atoms with Crippen molar-refractivity contribution >= 4 is 28.4 Å². The molecule has 0 spiro atoms. The summed E-state index contributed by atoms with van der Waals surface area (Å²) in [7, 11) is 0. The van der Waals surface area contributed by atoms with Gasteiger partial charge in [-0.25, -0.2) is 9.78 Å². The van der Waals surface area contributed by atoms with Crippen LogP contribution in [0.2, 0.25) is 0 Å². The number of carbonyl (C=O) groups is 1. The minimum absolute atomic E-state index is 0.0000813. The van der Waals surface area contributed by atoms with Crippen LogP contribution in [-0.2, 0) is 0 Å². The molecule has 0 fully saturated rings. The molecular formula is C14H9N5O6. The summed E-state index contributed by atoms with van der Waals surface area (Å²) < 4.78 is 1.24. The number of nitro groups is 1. The van der Waals surface area contributed by atoms with Crippen molar-refractivity contribution in [3.63, 3.8) is 0 Å². The van der Waals surface area contributed by atoms with E-state index in [4.69, 9.17) is 10.8 Å². The number of hydrogen-bond donors (Lipinski definition) is 3. The van der Waals surface area contributed by atoms with E-state index in [1.54, 1.807) is 0 Å². The molecule has 25 heavy (non-hydrogen) atoms. The van der Waals surface area contributed by atoms with Crippen LogP contribution in [0.4, 0.5) is 11.4 Å². The molecule has 11 nitrogen and oxygen atoms in total. The zero-order chi connectivity index (χ0) is 18.3. The Morgan fingerprint density at radius 1 is 1.36 bits per heavy atom. The van der Waals surface area contributed by atoms with Crippen LogP contribution in [0.3, 0.4) is 0 Å². The predicted octanol–water partition coefficient (Wildman–Crippen LogP) is 0.263. The van der Waals surface area contributed by atoms with Gasteiger partial charge in [-0.1, -0.05) is 0 Å². The first-order valence-electron chi connectivity index (χ1n) is 6.72. The number of nitrogens with zero attached hydrogens (tertiary/aromatic N) is 3. The molecule has 4 N–H and O–H groups in total. The van der Waals surface area contributed by atoms with Gasteiger partial charge in [-0.05, 0) is 6.07 Å². The molecule has 2 aromatic heterocycles. The summed E-state index contributed by atoms with van der Waals surface area (Å²) in [6.07, 6.45) is 2.47. The lowest BCUT2D eigenvalue weighted by Crippen LogP contribution is -2.20. The zero-order valence-electron chi connectivity index (χ0n) is 12.3. The highest BCUT2D eigenvalue weighted by Gasteiger charge is 2.20. The van der Waals surface area contributed by atoms with E-state index in [1.807, 2.05) is 0 Å². The van der Waals surface area contributed by atoms with Crippen LogP contribution in [0.5, 0.6) is 0 Å². The number of aromatic amines is 1. The Kier molecular flexibility index (Phi) is 3.53. The number of nitrogens with one attached hydrogen (secondary N) is 1. The molecule has 3 aromatic rings. The number of nitro benzene ring substituents is 1. The Hall–Kier alpha value is -4.02. The van der Waals surface area contributed by atoms with Crippen molar-refractivity contribution in [2.45, 2.75) is 0 Å². The SMILES string of the molecule is Nc1cn(-c2cc3nc(C(=O)O)c(=O)[nH]c3cc2[N+](=O)[O-])ccc1=O. The average molecular weight is 343 g/mol. The van der Waals surface area contributed by atoms with E-state index in [2.05, 4.69) is 9.97 Å². The molecule has 1 aromatic carbocycles. The quantitative estimate of drug-likeness (QED) is 0.448. The third kappa shape index (κ3) is 2.69. The van der Waals surface area contributed by atoms with E-state index in [-0.39, 0.29) is 22.4 Å². The molecule has 0 saturated carbocycles. The molecule has 3 rings (SSSR count). The van der Waals surface area contributed by atoms with Crippen molar-refractivity contribution in [3.8, 4) is 5.69 Å². The van der Waals surface area contributed by atoms with Crippen molar-refractivity contribution in [2.24, 2.45) is 0 Å². The number of rotatable bonds is 3. The van der Waals surface area contributed by atoms with Crippen molar-refractivity contribution in [1.29, 1.82) is 0 Å². The Labute approximate surface area is 137 Å². The fraction of sp³-hybridized carbons (Fsp3) is 0. The lowest BCUT2D eigenvalue weighted by atomic mass is 10.2. The first-order chi connectivity index (χ1) is 11.8. The summed E-state index contributed by atoms with van der Waals surface area (Å²) in [5, 5.41) is 20.3. The monoisotopic (exact) mass is 343 g/mol. The molecular weight excluding hydrogens is 334 g/mol. The van der Waals surface area contributed by atoms with E-state index in [0.717, 1.165) is 12.1 Å². The highest BCUT2D eigenvalue weighted by molar-refractivity contribution is 5.89. The summed E-state index contributed by atoms with van der Waals surface area (Å²) in [4.78, 5) is 50.7. The van der Waals surface area contributed by atoms with Gasteiger partial charge in [0.1, 0.15) is 5.69 Å². The van der Waals surface area contributed by atoms with Gasteiger partial charge in [0.15, 0.2) is 0 Å². The van der Waals surface area contributed by atoms with Crippen LogP contribution < -0.4 is 16.7 Å². The number of nitrogens with two attached hydrogens (primary N) is 1. The van der Waals surface area contributed by atoms with Crippen LogP contribution in [-0.4, -0.2) is 30.5 Å². The largest absolute Gasteiger partial charge is 0.476 e. The Morgan fingerprint density at radius 3 is 2.68 bits per heavy atom. The Bertz CT molecular complexity index is 1160. The summed E-state index contributed by atoms with van der Waals surface area (Å²) >= 11 is 0. The zero-order valence-corrected chi connectivity index (χ0v) is 12.3. The lowest BCUT2D eigenvalue weighted by Gasteiger charge is -2.09. The van der Waals surface area contributed by atoms with E-state index >= 15 is 0 Å². The van der Waals surface area contributed by atoms with E-state index < -0.39 is 33.3 Å². The second kappa shape index (κ2) is 5.56. The van der Waals surface area contributed by atoms with Crippen molar-refractivity contribution in [2.75, 3.05) is 5.73 Å². The van der Waals surface area contributed by atoms with Crippen molar-refractivity contribution in [1.82, 2.24) is 14.5 Å². The third-order valence-corrected chi connectivity index (χ3v) is 3.42. The van der Waals surface area contributed by atoms with Crippen LogP contribution in [0, 0.1) is 10.1 Å². The predicted molar refractivity (Wildman–Crippen MR) is 86.0 cm³/mol. The number of benzene rings is 1. The topological polar surface area (TPSA) is 174 Å². The van der Waals surface area contributed by atoms with Crippen molar-refractivity contribution < 1.29 is 14.8 Å². The lowest BCUT2D eigenvalue weighted by molar-refractivity contribution is -0.384. The fourth-order valence-electron chi connectivity index (χ4n) is 2.26. The fourth-order valence-corrected chi connectivity index (χ4v) is 2.26. The van der Waals surface area contributed by atoms with Crippen LogP contribution in [0.15, 0.2) is 40.2 Å². The molecule has 0 bridgehead atoms. The first-order valence-corrected chi connectivity index (χ1v) is 6.72. The Balaban J connectivity index is 2.37. The summed E-state index contributed by atoms with van der Waals surface area (Å²) in [6.45, 7) is 0. The standard InChI is InChI=1S/C14H9N5O6/c15-6-5-18(2-1-11(6)20)9-3-7-8(4-10(9)19(24)25)17-13(21)12(16-7)14(22)23/h1-5H,15H2,(H,17,21)(H,22,23). The van der Waals surface area contributed by atoms with E-state index in [1.165, 1.54) is 23.0 Å². The third-order valence-electron chi connectivity index (χ3n) is 3.42. The van der Waals surface area contributed by atoms with Gasteiger partial charge in [-0.2, -0.15) is 0 Å². The molecule has 0 atom stereocenters. The number of nitrogen functional groups attached to an aromatic ring is 1. The first kappa shape index (κ1) is 15.9. The number of carboxylic acid groups (broad SMARTS) is 1. The number of aromatic carboxylic acids is 1. The maximum absolute atomic E-state index is 11.7. The maximum atomic E-state index is 11.7. The van der Waals surface area contributed by atoms with Gasteiger partial charge in [-0.3, -0.25) is 19.7 Å². The van der Waals surface area contributed by atoms with Gasteiger partial charge >= 0.3 is 5.97 Å². The minimum Gasteiger partial charge on any atom is -0.476 e. The number of anilines is 1. The molecule has 0 aliphatic rings. The van der Waals surface area contributed by atoms with E-state index in [0.29, 0.717) is 0 Å². The molecule has 0 unspecified atom stereocenters. The molecule has 0 radical (unpaired) electrons. The number of fused-ring (bicyclic) bond motifs is 1. The number of pyridine rings is 1. The normalized spacial score (nSPS) is 10.7. The highest BCUT2D eigenvalue weighted by Crippen LogP contribution is 2.27. The molecule has 0 saturated heterocycles. The van der Waals surface area contributed by atoms with E-state index in [9.17, 15) is 24.5 Å². The van der Waals surface area contributed by atoms with Gasteiger partial charge in [0, 0.05) is 24.5 Å². The van der Waals surface area contributed by atoms with Crippen LogP contribution >= 0.6 is 0 Å². The minimum atomic E-state index is -1.53. The molecule has 11 heteroatoms. The van der Waals surface area contributed by atoms with Crippen LogP contribution in [0.25, 0.3) is 16.7 Å². The molecule has 126 valence electrons. The van der Waals surface area contributed by atoms with Gasteiger partial charge < -0.3 is 20.4 Å². The Morgan fingerprint density at radius 2 is 2.08 bits per heavy atom. The van der Waals surface area contributed by atoms with Gasteiger partial charge in [-0.15, -0.1) is 0 Å². The number of carboxylic acids is 1. The number of hydrogen-bond acceptors (Lipinski definition) is 7. The maximum Gasteiger partial charge on any atom is 0.360 e. The second-order valence-corrected chi connectivity index (χ2v) is 5.01. The smallest absolute Gasteiger partial charge is 0.360 e. The highest BCUT2D eigenvalue weighted by atomic mass is 16.6.